The molecule has 0 fully saturated rings. The number of unbranched alkanes of at least 4 members (excludes halogenated alkanes) is 30. The van der Waals surface area contributed by atoms with Crippen LogP contribution >= 0.6 is 0 Å². The Hall–Kier alpha value is -0.330. The van der Waals surface area contributed by atoms with Gasteiger partial charge in [-0.15, -0.1) is 0 Å². The maximum Gasteiger partial charge on any atom is 0.394 e. The molecule has 0 atom stereocenters. The van der Waals surface area contributed by atoms with Crippen LogP contribution in [0.3, 0.4) is 0 Å². The van der Waals surface area contributed by atoms with E-state index in [4.69, 9.17) is 37.6 Å². The van der Waals surface area contributed by atoms with E-state index in [0.29, 0.717) is 19.6 Å². The van der Waals surface area contributed by atoms with Gasteiger partial charge in [0.05, 0.1) is 19.8 Å². The Kier molecular flexibility index (Phi) is 54.6. The van der Waals surface area contributed by atoms with Crippen molar-refractivity contribution in [3.63, 3.8) is 0 Å². The zero-order valence-corrected chi connectivity index (χ0v) is 35.4. The van der Waals surface area contributed by atoms with E-state index in [-0.39, 0.29) is 19.8 Å². The molecule has 0 bridgehead atoms. The predicted octanol–water partition coefficient (Wildman–Crippen LogP) is 11.1. The van der Waals surface area contributed by atoms with E-state index in [1.807, 2.05) is 0 Å². The lowest BCUT2D eigenvalue weighted by Gasteiger charge is -2.17. The third kappa shape index (κ3) is 64.6. The second-order valence-electron chi connectivity index (χ2n) is 14.7. The Balaban J connectivity index is -0.00000132. The molecular formula is C42H91NO8S. The molecule has 0 aliphatic rings. The molecule has 52 heavy (non-hydrogen) atoms. The average Bonchev–Trinajstić information content (AvgIpc) is 3.10. The van der Waals surface area contributed by atoms with Gasteiger partial charge in [0, 0.05) is 32.8 Å². The number of aliphatic hydroxyl groups is 3. The highest BCUT2D eigenvalue weighted by Gasteiger charge is 2.01. The van der Waals surface area contributed by atoms with E-state index in [9.17, 15) is 0 Å². The lowest BCUT2D eigenvalue weighted by molar-refractivity contribution is 0.125. The lowest BCUT2D eigenvalue weighted by Crippen LogP contribution is -2.32. The highest BCUT2D eigenvalue weighted by molar-refractivity contribution is 7.79. The van der Waals surface area contributed by atoms with Gasteiger partial charge in [-0.05, 0) is 12.8 Å². The van der Waals surface area contributed by atoms with E-state index in [2.05, 4.69) is 13.8 Å². The van der Waals surface area contributed by atoms with E-state index in [1.54, 1.807) is 4.90 Å². The molecule has 0 saturated carbocycles. The van der Waals surface area contributed by atoms with E-state index >= 15 is 0 Å². The minimum atomic E-state index is -4.67. The molecule has 9 nitrogen and oxygen atoms in total. The third-order valence-electron chi connectivity index (χ3n) is 9.53. The fourth-order valence-electron chi connectivity index (χ4n) is 6.37. The van der Waals surface area contributed by atoms with Crippen molar-refractivity contribution in [3.8, 4) is 0 Å². The molecule has 318 valence electrons. The first kappa shape index (κ1) is 56.0. The van der Waals surface area contributed by atoms with Crippen LogP contribution in [0.2, 0.25) is 0 Å². The Bertz CT molecular complexity index is 658. The van der Waals surface area contributed by atoms with Crippen molar-refractivity contribution in [2.24, 2.45) is 0 Å². The largest absolute Gasteiger partial charge is 0.395 e. The van der Waals surface area contributed by atoms with Gasteiger partial charge in [0.1, 0.15) is 0 Å². The minimum absolute atomic E-state index is 0.0694. The normalized spacial score (nSPS) is 11.4. The molecule has 5 N–H and O–H groups in total. The van der Waals surface area contributed by atoms with Crippen LogP contribution in [0, 0.1) is 0 Å². The quantitative estimate of drug-likeness (QED) is 0.0303. The van der Waals surface area contributed by atoms with E-state index in [0.717, 1.165) is 13.2 Å². The summed E-state index contributed by atoms with van der Waals surface area (Å²) < 4.78 is 37.5. The molecule has 0 amide bonds. The second kappa shape index (κ2) is 50.7. The molecule has 0 unspecified atom stereocenters. The molecule has 0 heterocycles. The smallest absolute Gasteiger partial charge is 0.394 e. The van der Waals surface area contributed by atoms with Gasteiger partial charge in [-0.25, -0.2) is 0 Å². The van der Waals surface area contributed by atoms with Crippen LogP contribution in [0.25, 0.3) is 0 Å². The molecule has 0 aromatic heterocycles. The number of aliphatic hydroxyl groups excluding tert-OH is 3. The molecule has 0 saturated heterocycles. The zero-order chi connectivity index (χ0) is 39.1. The molecular weight excluding hydrogens is 679 g/mol. The summed E-state index contributed by atoms with van der Waals surface area (Å²) >= 11 is 0. The summed E-state index contributed by atoms with van der Waals surface area (Å²) in [4.78, 5) is 1.79. The Morgan fingerprint density at radius 1 is 0.365 bits per heavy atom. The fraction of sp³-hybridized carbons (Fsp3) is 1.00. The number of ether oxygens (including phenoxy) is 1. The van der Waals surface area contributed by atoms with Gasteiger partial charge in [0.15, 0.2) is 0 Å². The highest BCUT2D eigenvalue weighted by atomic mass is 32.3. The molecule has 0 aromatic carbocycles. The second-order valence-corrected chi connectivity index (χ2v) is 15.6. The molecule has 0 spiro atoms. The SMILES string of the molecule is CCCCCCCCCCCCCCCCCCOCCCCCCCCCCCCCCCCCC.O=S(=O)(O)O.OCCN(CCO)CCO. The number of rotatable bonds is 40. The lowest BCUT2D eigenvalue weighted by atomic mass is 10.0. The van der Waals surface area contributed by atoms with Crippen LogP contribution in [-0.2, 0) is 15.1 Å². The van der Waals surface area contributed by atoms with Gasteiger partial charge >= 0.3 is 10.4 Å². The predicted molar refractivity (Wildman–Crippen MR) is 222 cm³/mol. The van der Waals surface area contributed by atoms with Crippen molar-refractivity contribution < 1.29 is 37.6 Å². The summed E-state index contributed by atoms with van der Waals surface area (Å²) in [6.07, 6.45) is 46.0. The summed E-state index contributed by atoms with van der Waals surface area (Å²) in [7, 11) is -4.67. The molecule has 0 aromatic rings. The van der Waals surface area contributed by atoms with Crippen molar-refractivity contribution >= 4 is 10.4 Å². The van der Waals surface area contributed by atoms with Crippen molar-refractivity contribution in [3.05, 3.63) is 0 Å². The van der Waals surface area contributed by atoms with Crippen LogP contribution in [-0.4, -0.2) is 90.4 Å². The monoisotopic (exact) mass is 770 g/mol. The van der Waals surface area contributed by atoms with Gasteiger partial charge in [0.25, 0.3) is 0 Å². The molecule has 0 radical (unpaired) electrons. The van der Waals surface area contributed by atoms with Crippen LogP contribution in [0.15, 0.2) is 0 Å². The first-order valence-corrected chi connectivity index (χ1v) is 23.5. The highest BCUT2D eigenvalue weighted by Crippen LogP contribution is 2.15. The Morgan fingerprint density at radius 3 is 0.712 bits per heavy atom. The van der Waals surface area contributed by atoms with E-state index in [1.165, 1.54) is 205 Å². The summed E-state index contributed by atoms with van der Waals surface area (Å²) in [5.74, 6) is 0. The Labute approximate surface area is 324 Å². The summed E-state index contributed by atoms with van der Waals surface area (Å²) in [5, 5.41) is 25.5. The maximum absolute atomic E-state index is 8.74. The number of hydrogen-bond acceptors (Lipinski definition) is 7. The van der Waals surface area contributed by atoms with Gasteiger partial charge in [-0.2, -0.15) is 8.42 Å². The first-order valence-electron chi connectivity index (χ1n) is 22.1. The summed E-state index contributed by atoms with van der Waals surface area (Å²) in [6.45, 7) is 8.35. The molecule has 0 aliphatic carbocycles. The third-order valence-corrected chi connectivity index (χ3v) is 9.53. The summed E-state index contributed by atoms with van der Waals surface area (Å²) in [6, 6.07) is 0. The van der Waals surface area contributed by atoms with Crippen molar-refractivity contribution in [2.45, 2.75) is 219 Å². The zero-order valence-electron chi connectivity index (χ0n) is 34.6. The van der Waals surface area contributed by atoms with Crippen LogP contribution < -0.4 is 0 Å². The van der Waals surface area contributed by atoms with Gasteiger partial charge in [0.2, 0.25) is 0 Å². The van der Waals surface area contributed by atoms with E-state index < -0.39 is 10.4 Å². The first-order chi connectivity index (χ1) is 25.3. The van der Waals surface area contributed by atoms with Gasteiger partial charge in [-0.3, -0.25) is 14.0 Å². The van der Waals surface area contributed by atoms with Gasteiger partial charge < -0.3 is 20.1 Å². The van der Waals surface area contributed by atoms with Crippen molar-refractivity contribution in [1.82, 2.24) is 4.90 Å². The van der Waals surface area contributed by atoms with Gasteiger partial charge in [-0.1, -0.05) is 206 Å². The summed E-state index contributed by atoms with van der Waals surface area (Å²) in [5.41, 5.74) is 0. The van der Waals surface area contributed by atoms with Crippen molar-refractivity contribution in [1.29, 1.82) is 0 Å². The molecule has 10 heteroatoms. The molecule has 0 rings (SSSR count). The molecule has 0 aliphatic heterocycles. The van der Waals surface area contributed by atoms with Crippen molar-refractivity contribution in [2.75, 3.05) is 52.7 Å². The Morgan fingerprint density at radius 2 is 0.538 bits per heavy atom. The average molecular weight is 770 g/mol. The van der Waals surface area contributed by atoms with Crippen LogP contribution in [0.4, 0.5) is 0 Å². The topological polar surface area (TPSA) is 148 Å². The van der Waals surface area contributed by atoms with Crippen LogP contribution in [0.5, 0.6) is 0 Å². The van der Waals surface area contributed by atoms with Crippen LogP contribution in [0.1, 0.15) is 219 Å². The standard InChI is InChI=1S/C36H74O.C6H15NO3.H2O4S/c1-3-5-7-9-11-13-15-17-19-21-23-25-27-29-31-33-35-37-36-34-32-30-28-26-24-22-20-18-16-14-12-10-8-6-4-2;8-4-1-7(2-5-9)3-6-10;1-5(2,3)4/h3-36H2,1-2H3;8-10H,1-6H2;(H2,1,2,3,4). The maximum atomic E-state index is 8.74. The number of hydrogen-bond donors (Lipinski definition) is 5. The minimum Gasteiger partial charge on any atom is -0.395 e. The number of nitrogens with zero attached hydrogens (tertiary/aromatic N) is 1. The fourth-order valence-corrected chi connectivity index (χ4v) is 6.37.